The molecule has 260 valence electrons. The number of ketones is 1. The Labute approximate surface area is 271 Å². The molecule has 9 unspecified atom stereocenters. The number of carbonyl (C=O) groups is 1. The Morgan fingerprint density at radius 1 is 0.867 bits per heavy atom. The summed E-state index contributed by atoms with van der Waals surface area (Å²) in [7, 11) is 1.66. The first kappa shape index (κ1) is 35.7. The van der Waals surface area contributed by atoms with E-state index in [9.17, 15) is 25.2 Å². The van der Waals surface area contributed by atoms with Gasteiger partial charge < -0.3 is 41.0 Å². The van der Waals surface area contributed by atoms with Gasteiger partial charge in [-0.3, -0.25) is 4.79 Å². The van der Waals surface area contributed by atoms with Crippen LogP contribution in [0.25, 0.3) is 0 Å². The first-order valence-corrected chi connectivity index (χ1v) is 18.6. The van der Waals surface area contributed by atoms with Crippen LogP contribution in [0, 0.1) is 29.1 Å². The molecule has 1 saturated heterocycles. The van der Waals surface area contributed by atoms with E-state index in [2.05, 4.69) is 5.32 Å². The Hall–Kier alpha value is -0.650. The van der Waals surface area contributed by atoms with Gasteiger partial charge in [0.1, 0.15) is 11.9 Å². The minimum Gasteiger partial charge on any atom is -0.392 e. The predicted octanol–water partition coefficient (Wildman–Crippen LogP) is 3.96. The number of hydrogen-bond donors (Lipinski definition) is 6. The number of nitrogens with two attached hydrogens (primary N) is 1. The second-order valence-corrected chi connectivity index (χ2v) is 15.7. The van der Waals surface area contributed by atoms with Crippen LogP contribution in [0.4, 0.5) is 0 Å². The molecule has 0 radical (unpaired) electrons. The molecule has 5 aliphatic rings. The molecule has 11 atom stereocenters. The fraction of sp³-hybridized carbons (Fsp3) is 0.972. The van der Waals surface area contributed by atoms with E-state index in [1.807, 2.05) is 0 Å². The van der Waals surface area contributed by atoms with E-state index in [1.54, 1.807) is 7.11 Å². The van der Waals surface area contributed by atoms with Gasteiger partial charge in [0.25, 0.3) is 0 Å². The lowest BCUT2D eigenvalue weighted by molar-refractivity contribution is -0.153. The maximum atomic E-state index is 14.5. The first-order chi connectivity index (χ1) is 21.7. The monoisotopic (exact) mass is 636 g/mol. The molecule has 7 N–H and O–H groups in total. The van der Waals surface area contributed by atoms with E-state index in [0.717, 1.165) is 90.0 Å². The van der Waals surface area contributed by atoms with Gasteiger partial charge >= 0.3 is 0 Å². The van der Waals surface area contributed by atoms with Crippen molar-refractivity contribution in [1.82, 2.24) is 5.32 Å². The molecule has 1 aliphatic heterocycles. The van der Waals surface area contributed by atoms with Gasteiger partial charge in [-0.05, 0) is 120 Å². The second kappa shape index (κ2) is 16.6. The van der Waals surface area contributed by atoms with Gasteiger partial charge in [0.05, 0.1) is 42.8 Å². The highest BCUT2D eigenvalue weighted by molar-refractivity contribution is 5.82. The fourth-order valence-electron chi connectivity index (χ4n) is 10.3. The van der Waals surface area contributed by atoms with E-state index in [0.29, 0.717) is 50.4 Å². The average molecular weight is 637 g/mol. The summed E-state index contributed by atoms with van der Waals surface area (Å²) in [6.07, 6.45) is 14.1. The van der Waals surface area contributed by atoms with Gasteiger partial charge in [0, 0.05) is 19.4 Å². The third kappa shape index (κ3) is 8.88. The molecule has 0 aromatic heterocycles. The number of ether oxygens (including phenoxy) is 2. The Morgan fingerprint density at radius 2 is 1.60 bits per heavy atom. The number of nitrogens with one attached hydrogen (secondary N) is 1. The van der Waals surface area contributed by atoms with E-state index in [-0.39, 0.29) is 41.6 Å². The maximum absolute atomic E-state index is 14.5. The molecule has 45 heavy (non-hydrogen) atoms. The van der Waals surface area contributed by atoms with Gasteiger partial charge in [0.2, 0.25) is 0 Å². The first-order valence-electron chi connectivity index (χ1n) is 18.6. The molecule has 5 fully saturated rings. The molecule has 0 aromatic carbocycles. The largest absolute Gasteiger partial charge is 0.392 e. The van der Waals surface area contributed by atoms with Crippen molar-refractivity contribution in [2.45, 2.75) is 177 Å². The predicted molar refractivity (Wildman–Crippen MR) is 173 cm³/mol. The number of aliphatic hydroxyl groups excluding tert-OH is 4. The third-order valence-corrected chi connectivity index (χ3v) is 12.8. The molecule has 0 amide bonds. The van der Waals surface area contributed by atoms with Crippen LogP contribution in [0.15, 0.2) is 0 Å². The van der Waals surface area contributed by atoms with Crippen LogP contribution < -0.4 is 11.1 Å². The van der Waals surface area contributed by atoms with Gasteiger partial charge in [-0.25, -0.2) is 0 Å². The highest BCUT2D eigenvalue weighted by Crippen LogP contribution is 2.55. The molecule has 4 aliphatic carbocycles. The van der Waals surface area contributed by atoms with E-state index < -0.39 is 30.3 Å². The summed E-state index contributed by atoms with van der Waals surface area (Å²) < 4.78 is 11.9. The topological polar surface area (TPSA) is 154 Å². The fourth-order valence-corrected chi connectivity index (χ4v) is 10.3. The molecule has 5 rings (SSSR count). The lowest BCUT2D eigenvalue weighted by atomic mass is 9.58. The normalized spacial score (nSPS) is 39.4. The summed E-state index contributed by atoms with van der Waals surface area (Å²) in [5.41, 5.74) is 6.18. The Morgan fingerprint density at radius 3 is 2.31 bits per heavy atom. The number of aliphatic hydroxyl groups is 4. The molecular formula is C36H64N2O7. The van der Waals surface area contributed by atoms with Crippen molar-refractivity contribution < 1.29 is 34.7 Å². The van der Waals surface area contributed by atoms with Crippen molar-refractivity contribution in [3.63, 3.8) is 0 Å². The van der Waals surface area contributed by atoms with Gasteiger partial charge in [-0.15, -0.1) is 0 Å². The number of methoxy groups -OCH3 is 1. The standard InChI is InChI=1S/C36H64N2O7/c1-44-31-20-23(9-12-27(31)39)10-13-28(40)34(36(16-5-6-17-36)25-15-18-38-33(37)22-25)29(41)14-11-24-19-30(42)35(43)32(21-24)45-26-7-3-2-4-8-26/h23-28,30-35,38-40,42-43H,2-22,37H2,1H3/t23?,24?,25?,27?,28-,30?,31?,32?,33?,34-,35?/m1/s1. The Kier molecular flexibility index (Phi) is 13.2. The summed E-state index contributed by atoms with van der Waals surface area (Å²) >= 11 is 0. The van der Waals surface area contributed by atoms with Crippen molar-refractivity contribution in [3.8, 4) is 0 Å². The molecule has 0 spiro atoms. The van der Waals surface area contributed by atoms with Crippen LogP contribution in [0.2, 0.25) is 0 Å². The molecule has 1 heterocycles. The summed E-state index contributed by atoms with van der Waals surface area (Å²) in [5.74, 6) is 0.520. The van der Waals surface area contributed by atoms with Crippen molar-refractivity contribution in [2.75, 3.05) is 13.7 Å². The van der Waals surface area contributed by atoms with E-state index >= 15 is 0 Å². The van der Waals surface area contributed by atoms with Crippen LogP contribution in [0.3, 0.4) is 0 Å². The maximum Gasteiger partial charge on any atom is 0.139 e. The highest BCUT2D eigenvalue weighted by Gasteiger charge is 2.53. The Bertz CT molecular complexity index is 910. The lowest BCUT2D eigenvalue weighted by Crippen LogP contribution is -2.53. The second-order valence-electron chi connectivity index (χ2n) is 15.7. The molecule has 0 bridgehead atoms. The minimum atomic E-state index is -0.877. The number of hydrogen-bond acceptors (Lipinski definition) is 9. The third-order valence-electron chi connectivity index (χ3n) is 12.8. The zero-order chi connectivity index (χ0) is 32.0. The average Bonchev–Trinajstić information content (AvgIpc) is 3.53. The molecule has 9 heteroatoms. The number of rotatable bonds is 13. The van der Waals surface area contributed by atoms with Gasteiger partial charge in [-0.2, -0.15) is 0 Å². The van der Waals surface area contributed by atoms with Crippen LogP contribution >= 0.6 is 0 Å². The quantitative estimate of drug-likeness (QED) is 0.176. The van der Waals surface area contributed by atoms with Crippen LogP contribution in [-0.4, -0.2) is 88.8 Å². The molecule has 9 nitrogen and oxygen atoms in total. The number of piperidine rings is 1. The van der Waals surface area contributed by atoms with Crippen LogP contribution in [-0.2, 0) is 14.3 Å². The van der Waals surface area contributed by atoms with Crippen molar-refractivity contribution in [2.24, 2.45) is 34.8 Å². The molecule has 4 saturated carbocycles. The number of Topliss-reactive ketones (excluding diaryl/α,β-unsaturated/α-hetero) is 1. The highest BCUT2D eigenvalue weighted by atomic mass is 16.5. The lowest BCUT2D eigenvalue weighted by Gasteiger charge is -2.48. The van der Waals surface area contributed by atoms with Crippen molar-refractivity contribution in [1.29, 1.82) is 0 Å². The minimum absolute atomic E-state index is 0.0787. The summed E-state index contributed by atoms with van der Waals surface area (Å²) in [5, 5.41) is 47.2. The van der Waals surface area contributed by atoms with Crippen molar-refractivity contribution in [3.05, 3.63) is 0 Å². The van der Waals surface area contributed by atoms with E-state index in [4.69, 9.17) is 15.2 Å². The summed E-state index contributed by atoms with van der Waals surface area (Å²) in [6, 6.07) is 0. The number of carbonyl (C=O) groups excluding carboxylic acids is 1. The van der Waals surface area contributed by atoms with Gasteiger partial charge in [0.15, 0.2) is 0 Å². The van der Waals surface area contributed by atoms with Gasteiger partial charge in [-0.1, -0.05) is 32.1 Å². The zero-order valence-corrected chi connectivity index (χ0v) is 27.9. The summed E-state index contributed by atoms with van der Waals surface area (Å²) in [6.45, 7) is 0.845. The SMILES string of the molecule is COC1CC(CC[C@@H](O)[C@H](C(=O)CCC2CC(O)C(O)C(OC3CCCCC3)C2)C2(C3CCNC(N)C3)CCCC2)CCC1O. The van der Waals surface area contributed by atoms with E-state index in [1.165, 1.54) is 6.42 Å². The molecular weight excluding hydrogens is 572 g/mol. The smallest absolute Gasteiger partial charge is 0.139 e. The van der Waals surface area contributed by atoms with Crippen LogP contribution in [0.5, 0.6) is 0 Å². The summed E-state index contributed by atoms with van der Waals surface area (Å²) in [4.78, 5) is 14.5. The Balaban J connectivity index is 1.27. The zero-order valence-electron chi connectivity index (χ0n) is 27.9. The molecule has 0 aromatic rings. The van der Waals surface area contributed by atoms with Crippen molar-refractivity contribution >= 4 is 5.78 Å². The van der Waals surface area contributed by atoms with Crippen LogP contribution in [0.1, 0.15) is 128 Å².